The molecule has 6 nitrogen and oxygen atoms in total. The Morgan fingerprint density at radius 1 is 1.14 bits per heavy atom. The highest BCUT2D eigenvalue weighted by Crippen LogP contribution is 2.39. The molecule has 188 valence electrons. The molecule has 9 heteroatoms. The van der Waals surface area contributed by atoms with Gasteiger partial charge in [-0.2, -0.15) is 0 Å². The quantitative estimate of drug-likeness (QED) is 0.286. The van der Waals surface area contributed by atoms with Crippen LogP contribution in [0.15, 0.2) is 85.2 Å². The van der Waals surface area contributed by atoms with Gasteiger partial charge in [0.25, 0.3) is 0 Å². The highest BCUT2D eigenvalue weighted by Gasteiger charge is 2.41. The molecular formula is C28H25ClFN5OS. The molecule has 1 aliphatic heterocycles. The Bertz CT molecular complexity index is 1440. The van der Waals surface area contributed by atoms with E-state index in [9.17, 15) is 9.18 Å². The minimum atomic E-state index is -0.474. The molecule has 1 amide bonds. The Morgan fingerprint density at radius 3 is 2.70 bits per heavy atom. The molecule has 1 aliphatic rings. The van der Waals surface area contributed by atoms with Crippen LogP contribution in [0, 0.1) is 12.7 Å². The number of nitrogens with zero attached hydrogens (tertiary/aromatic N) is 3. The number of benzene rings is 2. The van der Waals surface area contributed by atoms with E-state index in [2.05, 4.69) is 20.2 Å². The van der Waals surface area contributed by atoms with Gasteiger partial charge in [-0.1, -0.05) is 29.8 Å². The van der Waals surface area contributed by atoms with Crippen LogP contribution in [-0.2, 0) is 4.79 Å². The van der Waals surface area contributed by atoms with Crippen LogP contribution in [0.5, 0.6) is 0 Å². The number of hydrogen-bond acceptors (Lipinski definition) is 3. The van der Waals surface area contributed by atoms with E-state index >= 15 is 0 Å². The van der Waals surface area contributed by atoms with Crippen LogP contribution in [0.3, 0.4) is 0 Å². The van der Waals surface area contributed by atoms with E-state index in [4.69, 9.17) is 23.8 Å². The van der Waals surface area contributed by atoms with Crippen molar-refractivity contribution in [3.63, 3.8) is 0 Å². The van der Waals surface area contributed by atoms with Crippen molar-refractivity contribution in [1.82, 2.24) is 19.8 Å². The average molecular weight is 534 g/mol. The summed E-state index contributed by atoms with van der Waals surface area (Å²) in [5, 5.41) is 7.30. The van der Waals surface area contributed by atoms with Crippen LogP contribution < -0.4 is 10.6 Å². The number of hydrogen-bond donors (Lipinski definition) is 2. The summed E-state index contributed by atoms with van der Waals surface area (Å²) in [7, 11) is 0. The zero-order chi connectivity index (χ0) is 25.9. The van der Waals surface area contributed by atoms with Crippen molar-refractivity contribution in [2.75, 3.05) is 11.9 Å². The SMILES string of the molecule is Cc1cc(-n2cccc2[C@@H]2[C@H](c3ccccn3)NC(=S)N2CCC(=O)Nc2ccccc2F)ccc1Cl. The summed E-state index contributed by atoms with van der Waals surface area (Å²) in [6.07, 6.45) is 3.88. The monoisotopic (exact) mass is 533 g/mol. The lowest BCUT2D eigenvalue weighted by atomic mass is 10.0. The van der Waals surface area contributed by atoms with Crippen molar-refractivity contribution < 1.29 is 9.18 Å². The molecule has 37 heavy (non-hydrogen) atoms. The molecule has 0 bridgehead atoms. The van der Waals surface area contributed by atoms with Gasteiger partial charge in [-0.3, -0.25) is 9.78 Å². The lowest BCUT2D eigenvalue weighted by molar-refractivity contribution is -0.116. The number of nitrogens with one attached hydrogen (secondary N) is 2. The molecule has 0 spiro atoms. The van der Waals surface area contributed by atoms with E-state index in [0.717, 1.165) is 22.6 Å². The summed E-state index contributed by atoms with van der Waals surface area (Å²) >= 11 is 12.0. The van der Waals surface area contributed by atoms with Crippen LogP contribution in [0.2, 0.25) is 5.02 Å². The van der Waals surface area contributed by atoms with Gasteiger partial charge in [-0.15, -0.1) is 0 Å². The number of carbonyl (C=O) groups excluding carboxylic acids is 1. The molecule has 4 aromatic rings. The predicted molar refractivity (Wildman–Crippen MR) is 147 cm³/mol. The molecule has 0 aliphatic carbocycles. The lowest BCUT2D eigenvalue weighted by Gasteiger charge is -2.29. The number of para-hydroxylation sites is 1. The molecule has 2 aromatic heterocycles. The zero-order valence-corrected chi connectivity index (χ0v) is 21.6. The third-order valence-electron chi connectivity index (χ3n) is 6.43. The summed E-state index contributed by atoms with van der Waals surface area (Å²) in [5.74, 6) is -0.768. The van der Waals surface area contributed by atoms with Crippen molar-refractivity contribution in [2.24, 2.45) is 0 Å². The largest absolute Gasteiger partial charge is 0.352 e. The number of thiocarbonyl (C=S) groups is 1. The van der Waals surface area contributed by atoms with E-state index in [1.165, 1.54) is 12.1 Å². The fraction of sp³-hybridized carbons (Fsp3) is 0.179. The second kappa shape index (κ2) is 10.7. The van der Waals surface area contributed by atoms with Gasteiger partial charge in [-0.05, 0) is 79.3 Å². The number of pyridine rings is 1. The van der Waals surface area contributed by atoms with Crippen LogP contribution in [-0.4, -0.2) is 32.0 Å². The third kappa shape index (κ3) is 5.21. The molecular weight excluding hydrogens is 509 g/mol. The number of aromatic nitrogens is 2. The predicted octanol–water partition coefficient (Wildman–Crippen LogP) is 5.97. The van der Waals surface area contributed by atoms with Gasteiger partial charge >= 0.3 is 0 Å². The molecule has 1 saturated heterocycles. The molecule has 1 fully saturated rings. The normalized spacial score (nSPS) is 17.1. The Morgan fingerprint density at radius 2 is 1.95 bits per heavy atom. The Balaban J connectivity index is 1.46. The van der Waals surface area contributed by atoms with Crippen molar-refractivity contribution in [3.05, 3.63) is 113 Å². The summed E-state index contributed by atoms with van der Waals surface area (Å²) in [6, 6.07) is 21.3. The fourth-order valence-electron chi connectivity index (χ4n) is 4.61. The van der Waals surface area contributed by atoms with Crippen molar-refractivity contribution in [2.45, 2.75) is 25.4 Å². The number of aryl methyl sites for hydroxylation is 1. The van der Waals surface area contributed by atoms with Gasteiger partial charge < -0.3 is 20.1 Å². The second-order valence-corrected chi connectivity index (χ2v) is 9.63. The maximum atomic E-state index is 14.0. The van der Waals surface area contributed by atoms with Crippen LogP contribution in [0.1, 0.15) is 35.5 Å². The van der Waals surface area contributed by atoms with E-state index in [1.54, 1.807) is 18.3 Å². The van der Waals surface area contributed by atoms with Gasteiger partial charge in [0.2, 0.25) is 5.91 Å². The first-order valence-corrected chi connectivity index (χ1v) is 12.7. The van der Waals surface area contributed by atoms with E-state index in [0.29, 0.717) is 16.7 Å². The highest BCUT2D eigenvalue weighted by molar-refractivity contribution is 7.80. The minimum absolute atomic E-state index is 0.127. The summed E-state index contributed by atoms with van der Waals surface area (Å²) < 4.78 is 16.1. The van der Waals surface area contributed by atoms with Crippen LogP contribution >= 0.6 is 23.8 Å². The standard InChI is InChI=1S/C28H25ClFN5OS/c1-18-17-19(11-12-20(18)29)34-15-6-10-24(34)27-26(23-9-4-5-14-31-23)33-28(37)35(27)16-13-25(36)32-22-8-3-2-7-21(22)30/h2-12,14-15,17,26-27H,13,16H2,1H3,(H,32,36)(H,33,37)/t26-,27+/m0/s1. The van der Waals surface area contributed by atoms with Gasteiger partial charge in [0, 0.05) is 41.8 Å². The highest BCUT2D eigenvalue weighted by atomic mass is 35.5. The van der Waals surface area contributed by atoms with E-state index < -0.39 is 5.82 Å². The van der Waals surface area contributed by atoms with Gasteiger partial charge in [-0.25, -0.2) is 4.39 Å². The third-order valence-corrected chi connectivity index (χ3v) is 7.20. The topological polar surface area (TPSA) is 62.2 Å². The van der Waals surface area contributed by atoms with Crippen LogP contribution in [0.25, 0.3) is 5.69 Å². The molecule has 0 saturated carbocycles. The molecule has 2 N–H and O–H groups in total. The average Bonchev–Trinajstić information content (AvgIpc) is 3.50. The smallest absolute Gasteiger partial charge is 0.226 e. The number of amides is 1. The number of halogens is 2. The number of anilines is 1. The molecule has 0 unspecified atom stereocenters. The molecule has 3 heterocycles. The molecule has 2 atom stereocenters. The Kier molecular flexibility index (Phi) is 7.21. The first-order chi connectivity index (χ1) is 17.9. The van der Waals surface area contributed by atoms with Crippen molar-refractivity contribution >= 4 is 40.5 Å². The molecule has 2 aromatic carbocycles. The van der Waals surface area contributed by atoms with E-state index in [-0.39, 0.29) is 30.1 Å². The Labute approximate surface area is 225 Å². The second-order valence-electron chi connectivity index (χ2n) is 8.83. The van der Waals surface area contributed by atoms with Gasteiger partial charge in [0.1, 0.15) is 5.82 Å². The maximum absolute atomic E-state index is 14.0. The minimum Gasteiger partial charge on any atom is -0.352 e. The lowest BCUT2D eigenvalue weighted by Crippen LogP contribution is -2.33. The first kappa shape index (κ1) is 24.9. The van der Waals surface area contributed by atoms with Gasteiger partial charge in [0.15, 0.2) is 5.11 Å². The molecule has 0 radical (unpaired) electrons. The number of carbonyl (C=O) groups is 1. The molecule has 5 rings (SSSR count). The number of rotatable bonds is 7. The maximum Gasteiger partial charge on any atom is 0.226 e. The van der Waals surface area contributed by atoms with Crippen molar-refractivity contribution in [3.8, 4) is 5.69 Å². The van der Waals surface area contributed by atoms with Crippen molar-refractivity contribution in [1.29, 1.82) is 0 Å². The zero-order valence-electron chi connectivity index (χ0n) is 20.1. The summed E-state index contributed by atoms with van der Waals surface area (Å²) in [6.45, 7) is 2.31. The fourth-order valence-corrected chi connectivity index (χ4v) is 5.06. The summed E-state index contributed by atoms with van der Waals surface area (Å²) in [5.41, 5.74) is 3.93. The first-order valence-electron chi connectivity index (χ1n) is 11.9. The van der Waals surface area contributed by atoms with Gasteiger partial charge in [0.05, 0.1) is 23.5 Å². The van der Waals surface area contributed by atoms with Crippen LogP contribution in [0.4, 0.5) is 10.1 Å². The Hall–Kier alpha value is -3.75. The van der Waals surface area contributed by atoms with E-state index in [1.807, 2.05) is 66.6 Å². The summed E-state index contributed by atoms with van der Waals surface area (Å²) in [4.78, 5) is 19.3.